The SMILES string of the molecule is COc1c(Br)cc2c3c1O[C@H]1C4(OCCO4)C(Br)C=C4C(C2Br)N(C)CC[C@]431.COc1ccc2c3c1O[C@H]1C4(CC=C5C(C2)N(C)CC[C@]531)OCCO4. The molecule has 6 heterocycles. The maximum Gasteiger partial charge on any atom is 0.223 e. The van der Waals surface area contributed by atoms with Gasteiger partial charge in [-0.15, -0.1) is 0 Å². The average molecular weight is 920 g/mol. The van der Waals surface area contributed by atoms with E-state index >= 15 is 0 Å². The summed E-state index contributed by atoms with van der Waals surface area (Å²) >= 11 is 11.6. The van der Waals surface area contributed by atoms with Gasteiger partial charge in [-0.3, -0.25) is 9.80 Å². The zero-order valence-electron chi connectivity index (χ0n) is 30.2. The van der Waals surface area contributed by atoms with Crippen molar-refractivity contribution in [3.63, 3.8) is 0 Å². The fourth-order valence-electron chi connectivity index (χ4n) is 12.0. The molecule has 4 aliphatic carbocycles. The first-order valence-corrected chi connectivity index (χ1v) is 21.4. The van der Waals surface area contributed by atoms with Crippen molar-refractivity contribution in [2.45, 2.75) is 82.0 Å². The number of benzene rings is 2. The summed E-state index contributed by atoms with van der Waals surface area (Å²) in [5.74, 6) is 1.85. The van der Waals surface area contributed by atoms with Gasteiger partial charge in [0.05, 0.1) is 65.6 Å². The predicted octanol–water partition coefficient (Wildman–Crippen LogP) is 6.08. The first-order valence-electron chi connectivity index (χ1n) is 18.8. The van der Waals surface area contributed by atoms with E-state index in [1.165, 1.54) is 33.4 Å². The first kappa shape index (κ1) is 34.6. The average Bonchev–Trinajstić information content (AvgIpc) is 3.96. The Labute approximate surface area is 334 Å². The highest BCUT2D eigenvalue weighted by molar-refractivity contribution is 9.10. The molecule has 10 aliphatic rings. The van der Waals surface area contributed by atoms with E-state index < -0.39 is 11.6 Å². The smallest absolute Gasteiger partial charge is 0.223 e. The van der Waals surface area contributed by atoms with Crippen molar-refractivity contribution in [1.29, 1.82) is 0 Å². The quantitative estimate of drug-likeness (QED) is 0.262. The van der Waals surface area contributed by atoms with Gasteiger partial charge in [-0.25, -0.2) is 0 Å². The number of halogens is 3. The van der Waals surface area contributed by atoms with Gasteiger partial charge in [0.15, 0.2) is 35.2 Å². The molecule has 4 unspecified atom stereocenters. The summed E-state index contributed by atoms with van der Waals surface area (Å²) in [6.07, 6.45) is 8.17. The summed E-state index contributed by atoms with van der Waals surface area (Å²) in [4.78, 5) is 5.04. The molecule has 2 aromatic rings. The highest BCUT2D eigenvalue weighted by Crippen LogP contribution is 2.69. The second kappa shape index (κ2) is 11.7. The lowest BCUT2D eigenvalue weighted by atomic mass is 9.55. The second-order valence-electron chi connectivity index (χ2n) is 16.1. The van der Waals surface area contributed by atoms with Crippen molar-refractivity contribution in [1.82, 2.24) is 9.80 Å². The van der Waals surface area contributed by atoms with Crippen LogP contribution in [-0.2, 0) is 36.2 Å². The Morgan fingerprint density at radius 2 is 1.51 bits per heavy atom. The molecule has 4 bridgehead atoms. The third-order valence-electron chi connectivity index (χ3n) is 14.1. The topological polar surface area (TPSA) is 80.3 Å². The van der Waals surface area contributed by atoms with Crippen molar-refractivity contribution in [3.05, 3.63) is 68.2 Å². The molecule has 282 valence electrons. The van der Waals surface area contributed by atoms with Crippen molar-refractivity contribution in [2.24, 2.45) is 0 Å². The lowest BCUT2D eigenvalue weighted by Crippen LogP contribution is -2.68. The van der Waals surface area contributed by atoms with Crippen LogP contribution in [-0.4, -0.2) is 118 Å². The van der Waals surface area contributed by atoms with Crippen molar-refractivity contribution < 1.29 is 37.9 Å². The van der Waals surface area contributed by atoms with Crippen LogP contribution in [0.15, 0.2) is 46.0 Å². The van der Waals surface area contributed by atoms with Crippen LogP contribution in [0.2, 0.25) is 0 Å². The van der Waals surface area contributed by atoms with E-state index in [9.17, 15) is 0 Å². The molecule has 2 aromatic carbocycles. The Bertz CT molecular complexity index is 2000. The molecule has 0 aromatic heterocycles. The fourth-order valence-corrected chi connectivity index (χ4v) is 14.5. The van der Waals surface area contributed by atoms with Gasteiger partial charge in [0.2, 0.25) is 11.6 Å². The Balaban J connectivity index is 0.000000126. The number of rotatable bonds is 2. The lowest BCUT2D eigenvalue weighted by Gasteiger charge is -2.58. The fraction of sp³-hybridized carbons (Fsp3) is 0.600. The molecule has 53 heavy (non-hydrogen) atoms. The molecule has 0 radical (unpaired) electrons. The Kier molecular flexibility index (Phi) is 7.62. The molecule has 10 nitrogen and oxygen atoms in total. The van der Waals surface area contributed by atoms with E-state index in [2.05, 4.69) is 102 Å². The standard InChI is InChI=1S/C20H20Br3NO4.C20H23NO4/c1-24-4-3-19-10-8-12(22)20(26-5-6-27-20)18(19)28-17-13(19)9(14(23)15(10)24)7-11(21)16(17)25-2;1-21-8-7-19-13-5-6-20(23-9-10-24-20)18(19)25-17-15(22-2)4-3-12(16(17)19)11-14(13)21/h7-8,12,14-15,18H,3-6H2,1-2H3;3-5,14,18H,6-11H2,1-2H3/t12?,14?,15?,18-,19+;14?,18-,19+/m11/s1. The number of piperidine rings is 2. The summed E-state index contributed by atoms with van der Waals surface area (Å²) in [5.41, 5.74) is 7.76. The third kappa shape index (κ3) is 4.10. The summed E-state index contributed by atoms with van der Waals surface area (Å²) in [5, 5.41) is 0. The minimum atomic E-state index is -0.823. The van der Waals surface area contributed by atoms with Crippen molar-refractivity contribution in [2.75, 3.05) is 67.8 Å². The molecular weight excluding hydrogens is 876 g/mol. The van der Waals surface area contributed by atoms with Crippen LogP contribution >= 0.6 is 47.8 Å². The zero-order valence-corrected chi connectivity index (χ0v) is 35.0. The van der Waals surface area contributed by atoms with Crippen LogP contribution in [0.5, 0.6) is 23.0 Å². The van der Waals surface area contributed by atoms with E-state index in [0.29, 0.717) is 32.5 Å². The Morgan fingerprint density at radius 3 is 2.25 bits per heavy atom. The minimum Gasteiger partial charge on any atom is -0.493 e. The van der Waals surface area contributed by atoms with Crippen LogP contribution < -0.4 is 18.9 Å². The molecular formula is C40H43Br3N2O8. The van der Waals surface area contributed by atoms with Gasteiger partial charge in [-0.1, -0.05) is 50.1 Å². The Hall–Kier alpha value is -1.68. The van der Waals surface area contributed by atoms with Gasteiger partial charge >= 0.3 is 0 Å². The molecule has 4 saturated heterocycles. The summed E-state index contributed by atoms with van der Waals surface area (Å²) in [7, 11) is 7.86. The Morgan fingerprint density at radius 1 is 0.811 bits per heavy atom. The van der Waals surface area contributed by atoms with Gasteiger partial charge in [-0.05, 0) is 96.8 Å². The molecule has 13 heteroatoms. The van der Waals surface area contributed by atoms with Crippen molar-refractivity contribution >= 4 is 47.8 Å². The van der Waals surface area contributed by atoms with E-state index in [4.69, 9.17) is 37.9 Å². The van der Waals surface area contributed by atoms with Crippen LogP contribution in [0, 0.1) is 0 Å². The van der Waals surface area contributed by atoms with Gasteiger partial charge in [0, 0.05) is 29.6 Å². The van der Waals surface area contributed by atoms with E-state index in [1.807, 2.05) is 0 Å². The number of nitrogens with zero attached hydrogens (tertiary/aromatic N) is 2. The molecule has 4 fully saturated rings. The number of methoxy groups -OCH3 is 2. The molecule has 12 rings (SSSR count). The highest BCUT2D eigenvalue weighted by Gasteiger charge is 2.73. The molecule has 0 amide bonds. The molecule has 8 atom stereocenters. The predicted molar refractivity (Wildman–Crippen MR) is 206 cm³/mol. The normalized spacial score (nSPS) is 38.2. The number of fused-ring (bicyclic) bond motifs is 2. The lowest BCUT2D eigenvalue weighted by molar-refractivity contribution is -0.226. The first-order chi connectivity index (χ1) is 25.6. The van der Waals surface area contributed by atoms with E-state index in [0.717, 1.165) is 66.2 Å². The maximum atomic E-state index is 6.76. The van der Waals surface area contributed by atoms with Gasteiger partial charge in [-0.2, -0.15) is 0 Å². The van der Waals surface area contributed by atoms with Crippen LogP contribution in [0.25, 0.3) is 0 Å². The molecule has 6 aliphatic heterocycles. The van der Waals surface area contributed by atoms with Crippen molar-refractivity contribution in [3.8, 4) is 23.0 Å². The number of hydrogen-bond acceptors (Lipinski definition) is 10. The minimum absolute atomic E-state index is 0.0744. The number of ether oxygens (including phenoxy) is 8. The molecule has 0 N–H and O–H groups in total. The van der Waals surface area contributed by atoms with E-state index in [1.54, 1.807) is 14.2 Å². The second-order valence-corrected chi connectivity index (χ2v) is 18.9. The zero-order chi connectivity index (χ0) is 36.2. The van der Waals surface area contributed by atoms with Gasteiger partial charge in [0.1, 0.15) is 0 Å². The van der Waals surface area contributed by atoms with Gasteiger partial charge < -0.3 is 37.9 Å². The van der Waals surface area contributed by atoms with Gasteiger partial charge in [0.25, 0.3) is 0 Å². The van der Waals surface area contributed by atoms with Crippen LogP contribution in [0.1, 0.15) is 46.3 Å². The summed E-state index contributed by atoms with van der Waals surface area (Å²) in [6, 6.07) is 7.18. The molecule has 4 spiro atoms. The number of alkyl halides is 2. The maximum absolute atomic E-state index is 6.76. The monoisotopic (exact) mass is 916 g/mol. The molecule has 0 saturated carbocycles. The van der Waals surface area contributed by atoms with Crippen LogP contribution in [0.4, 0.5) is 0 Å². The summed E-state index contributed by atoms with van der Waals surface area (Å²) < 4.78 is 50.6. The largest absolute Gasteiger partial charge is 0.493 e. The number of likely N-dealkylation sites (tertiary alicyclic amines) is 2. The highest BCUT2D eigenvalue weighted by atomic mass is 79.9. The van der Waals surface area contributed by atoms with E-state index in [-0.39, 0.29) is 38.7 Å². The summed E-state index contributed by atoms with van der Waals surface area (Å²) in [6.45, 7) is 4.50. The van der Waals surface area contributed by atoms with Crippen LogP contribution in [0.3, 0.4) is 0 Å². The number of hydrogen-bond donors (Lipinski definition) is 0. The number of likely N-dealkylation sites (N-methyl/N-ethyl adjacent to an activating group) is 2. The third-order valence-corrected chi connectivity index (χ3v) is 16.6.